The summed E-state index contributed by atoms with van der Waals surface area (Å²) in [5.74, 6) is 1.06. The first kappa shape index (κ1) is 17.4. The average Bonchev–Trinajstić information content (AvgIpc) is 2.70. The standard InChI is InChI=1S/C20H20N4O2/c1-3-26-18-12-8-7-11-16(18)21-19-14-13-17(22-23-19)20(25)24(2)15-9-5-4-6-10-15/h4-14H,3H2,1-2H3,(H,21,23). The first-order valence-corrected chi connectivity index (χ1v) is 8.34. The van der Waals surface area contributed by atoms with Crippen LogP contribution in [-0.4, -0.2) is 29.8 Å². The van der Waals surface area contributed by atoms with Gasteiger partial charge in [0.15, 0.2) is 11.5 Å². The molecule has 0 aliphatic carbocycles. The predicted molar refractivity (Wildman–Crippen MR) is 102 cm³/mol. The molecule has 26 heavy (non-hydrogen) atoms. The molecule has 3 aromatic rings. The zero-order valence-corrected chi connectivity index (χ0v) is 14.7. The Morgan fingerprint density at radius 3 is 2.42 bits per heavy atom. The molecule has 0 aliphatic rings. The number of carbonyl (C=O) groups is 1. The molecule has 2 aromatic carbocycles. The van der Waals surface area contributed by atoms with Gasteiger partial charge in [-0.1, -0.05) is 30.3 Å². The van der Waals surface area contributed by atoms with Crippen LogP contribution >= 0.6 is 0 Å². The third-order valence-electron chi connectivity index (χ3n) is 3.78. The highest BCUT2D eigenvalue weighted by Gasteiger charge is 2.15. The normalized spacial score (nSPS) is 10.2. The second-order valence-electron chi connectivity index (χ2n) is 5.56. The van der Waals surface area contributed by atoms with Gasteiger partial charge in [-0.2, -0.15) is 0 Å². The minimum Gasteiger partial charge on any atom is -0.492 e. The van der Waals surface area contributed by atoms with Gasteiger partial charge < -0.3 is 15.0 Å². The Kier molecular flexibility index (Phi) is 5.43. The molecule has 0 aliphatic heterocycles. The maximum absolute atomic E-state index is 12.5. The zero-order valence-electron chi connectivity index (χ0n) is 14.7. The molecule has 3 rings (SSSR count). The number of carbonyl (C=O) groups excluding carboxylic acids is 1. The van der Waals surface area contributed by atoms with Gasteiger partial charge in [-0.3, -0.25) is 4.79 Å². The van der Waals surface area contributed by atoms with Gasteiger partial charge in [0, 0.05) is 12.7 Å². The molecule has 1 amide bonds. The Morgan fingerprint density at radius 1 is 1.00 bits per heavy atom. The quantitative estimate of drug-likeness (QED) is 0.732. The van der Waals surface area contributed by atoms with Crippen molar-refractivity contribution in [3.63, 3.8) is 0 Å². The van der Waals surface area contributed by atoms with Crippen molar-refractivity contribution >= 4 is 23.1 Å². The van der Waals surface area contributed by atoms with Gasteiger partial charge in [-0.05, 0) is 43.3 Å². The lowest BCUT2D eigenvalue weighted by Crippen LogP contribution is -2.27. The average molecular weight is 348 g/mol. The number of amides is 1. The molecular formula is C20H20N4O2. The lowest BCUT2D eigenvalue weighted by Gasteiger charge is -2.16. The number of nitrogens with zero attached hydrogens (tertiary/aromatic N) is 3. The smallest absolute Gasteiger partial charge is 0.278 e. The molecule has 0 bridgehead atoms. The molecule has 1 heterocycles. The SMILES string of the molecule is CCOc1ccccc1Nc1ccc(C(=O)N(C)c2ccccc2)nn1. The van der Waals surface area contributed by atoms with E-state index in [2.05, 4.69) is 15.5 Å². The van der Waals surface area contributed by atoms with E-state index in [0.717, 1.165) is 17.1 Å². The minimum absolute atomic E-state index is 0.218. The number of aromatic nitrogens is 2. The van der Waals surface area contributed by atoms with Crippen molar-refractivity contribution in [2.75, 3.05) is 23.9 Å². The topological polar surface area (TPSA) is 67.3 Å². The summed E-state index contributed by atoms with van der Waals surface area (Å²) in [6.07, 6.45) is 0. The van der Waals surface area contributed by atoms with E-state index in [0.29, 0.717) is 12.4 Å². The Morgan fingerprint density at radius 2 is 1.73 bits per heavy atom. The monoisotopic (exact) mass is 348 g/mol. The van der Waals surface area contributed by atoms with Crippen LogP contribution in [0.4, 0.5) is 17.2 Å². The van der Waals surface area contributed by atoms with Crippen molar-refractivity contribution in [2.24, 2.45) is 0 Å². The molecule has 0 saturated carbocycles. The van der Waals surface area contributed by atoms with E-state index >= 15 is 0 Å². The van der Waals surface area contributed by atoms with Crippen LogP contribution in [0.5, 0.6) is 5.75 Å². The van der Waals surface area contributed by atoms with Crippen LogP contribution in [0.3, 0.4) is 0 Å². The molecule has 0 radical (unpaired) electrons. The van der Waals surface area contributed by atoms with Gasteiger partial charge in [0.25, 0.3) is 5.91 Å². The molecule has 1 aromatic heterocycles. The molecule has 0 spiro atoms. The van der Waals surface area contributed by atoms with Crippen molar-refractivity contribution in [3.05, 3.63) is 72.4 Å². The molecular weight excluding hydrogens is 328 g/mol. The van der Waals surface area contributed by atoms with E-state index in [-0.39, 0.29) is 11.6 Å². The van der Waals surface area contributed by atoms with Crippen molar-refractivity contribution in [1.82, 2.24) is 10.2 Å². The van der Waals surface area contributed by atoms with Crippen LogP contribution in [0.2, 0.25) is 0 Å². The van der Waals surface area contributed by atoms with E-state index in [9.17, 15) is 4.79 Å². The highest BCUT2D eigenvalue weighted by molar-refractivity contribution is 6.04. The summed E-state index contributed by atoms with van der Waals surface area (Å²) in [7, 11) is 1.71. The van der Waals surface area contributed by atoms with Crippen LogP contribution in [0, 0.1) is 0 Å². The Hall–Kier alpha value is -3.41. The first-order chi connectivity index (χ1) is 12.7. The molecule has 1 N–H and O–H groups in total. The van der Waals surface area contributed by atoms with Crippen LogP contribution in [-0.2, 0) is 0 Å². The number of para-hydroxylation sites is 3. The molecule has 0 fully saturated rings. The van der Waals surface area contributed by atoms with Gasteiger partial charge >= 0.3 is 0 Å². The van der Waals surface area contributed by atoms with Crippen LogP contribution in [0.15, 0.2) is 66.7 Å². The fourth-order valence-corrected chi connectivity index (χ4v) is 2.44. The first-order valence-electron chi connectivity index (χ1n) is 8.34. The summed E-state index contributed by atoms with van der Waals surface area (Å²) in [6.45, 7) is 2.50. The van der Waals surface area contributed by atoms with E-state index < -0.39 is 0 Å². The maximum Gasteiger partial charge on any atom is 0.278 e. The third kappa shape index (κ3) is 3.97. The largest absolute Gasteiger partial charge is 0.492 e. The number of rotatable bonds is 6. The maximum atomic E-state index is 12.5. The van der Waals surface area contributed by atoms with Crippen LogP contribution in [0.1, 0.15) is 17.4 Å². The van der Waals surface area contributed by atoms with Crippen molar-refractivity contribution in [2.45, 2.75) is 6.92 Å². The lowest BCUT2D eigenvalue weighted by atomic mass is 10.2. The highest BCUT2D eigenvalue weighted by Crippen LogP contribution is 2.26. The van der Waals surface area contributed by atoms with Crippen molar-refractivity contribution in [1.29, 1.82) is 0 Å². The minimum atomic E-state index is -0.218. The van der Waals surface area contributed by atoms with E-state index in [1.807, 2.05) is 61.5 Å². The summed E-state index contributed by atoms with van der Waals surface area (Å²) in [5.41, 5.74) is 1.87. The molecule has 0 atom stereocenters. The third-order valence-corrected chi connectivity index (χ3v) is 3.78. The summed E-state index contributed by atoms with van der Waals surface area (Å²) >= 11 is 0. The van der Waals surface area contributed by atoms with Crippen molar-refractivity contribution < 1.29 is 9.53 Å². The Bertz CT molecular complexity index is 866. The number of nitrogens with one attached hydrogen (secondary N) is 1. The summed E-state index contributed by atoms with van der Waals surface area (Å²) in [6, 6.07) is 20.4. The summed E-state index contributed by atoms with van der Waals surface area (Å²) < 4.78 is 5.58. The van der Waals surface area contributed by atoms with Crippen molar-refractivity contribution in [3.8, 4) is 5.75 Å². The van der Waals surface area contributed by atoms with Gasteiger partial charge in [-0.15, -0.1) is 10.2 Å². The fraction of sp³-hybridized carbons (Fsp3) is 0.150. The Balaban J connectivity index is 1.74. The van der Waals surface area contributed by atoms with Crippen LogP contribution in [0.25, 0.3) is 0 Å². The summed E-state index contributed by atoms with van der Waals surface area (Å²) in [4.78, 5) is 14.1. The van der Waals surface area contributed by atoms with Gasteiger partial charge in [0.2, 0.25) is 0 Å². The van der Waals surface area contributed by atoms with Gasteiger partial charge in [0.1, 0.15) is 5.75 Å². The summed E-state index contributed by atoms with van der Waals surface area (Å²) in [5, 5.41) is 11.3. The lowest BCUT2D eigenvalue weighted by molar-refractivity contribution is 0.0987. The number of anilines is 3. The van der Waals surface area contributed by atoms with E-state index in [1.54, 1.807) is 24.1 Å². The van der Waals surface area contributed by atoms with E-state index in [1.165, 1.54) is 0 Å². The van der Waals surface area contributed by atoms with Gasteiger partial charge in [-0.25, -0.2) is 0 Å². The molecule has 6 nitrogen and oxygen atoms in total. The molecule has 132 valence electrons. The number of hydrogen-bond donors (Lipinski definition) is 1. The highest BCUT2D eigenvalue weighted by atomic mass is 16.5. The van der Waals surface area contributed by atoms with Gasteiger partial charge in [0.05, 0.1) is 12.3 Å². The van der Waals surface area contributed by atoms with Crippen LogP contribution < -0.4 is 15.0 Å². The number of benzene rings is 2. The number of ether oxygens (including phenoxy) is 1. The molecule has 6 heteroatoms. The Labute approximate surface area is 152 Å². The molecule has 0 unspecified atom stereocenters. The second kappa shape index (κ2) is 8.11. The van der Waals surface area contributed by atoms with E-state index in [4.69, 9.17) is 4.74 Å². The molecule has 0 saturated heterocycles. The predicted octanol–water partition coefficient (Wildman–Crippen LogP) is 3.90. The number of hydrogen-bond acceptors (Lipinski definition) is 5. The fourth-order valence-electron chi connectivity index (χ4n) is 2.44. The zero-order chi connectivity index (χ0) is 18.4. The second-order valence-corrected chi connectivity index (χ2v) is 5.56.